The summed E-state index contributed by atoms with van der Waals surface area (Å²) in [6, 6.07) is 13.6. The minimum atomic E-state index is -4.50. The lowest BCUT2D eigenvalue weighted by Crippen LogP contribution is -2.25. The zero-order valence-electron chi connectivity index (χ0n) is 15.1. The quantitative estimate of drug-likeness (QED) is 0.513. The molecule has 0 saturated carbocycles. The van der Waals surface area contributed by atoms with Gasteiger partial charge in [0, 0.05) is 5.39 Å². The third-order valence-corrected chi connectivity index (χ3v) is 5.90. The van der Waals surface area contributed by atoms with Crippen molar-refractivity contribution in [3.8, 4) is 11.5 Å². The summed E-state index contributed by atoms with van der Waals surface area (Å²) in [4.78, 5) is 23.3. The van der Waals surface area contributed by atoms with Gasteiger partial charge < -0.3 is 4.74 Å². The predicted molar refractivity (Wildman–Crippen MR) is 109 cm³/mol. The maximum Gasteiger partial charge on any atom is 0.416 e. The minimum absolute atomic E-state index is 0.0962. The minimum Gasteiger partial charge on any atom is -0.455 e. The van der Waals surface area contributed by atoms with E-state index in [9.17, 15) is 22.8 Å². The van der Waals surface area contributed by atoms with Crippen LogP contribution in [0, 0.1) is 0 Å². The first-order valence-electron chi connectivity index (χ1n) is 8.79. The Hall–Kier alpha value is -2.71. The molecule has 1 atom stereocenters. The SMILES string of the molecule is O=C1NC(=O)C(Cc2ccc(Oc3ccc(C(F)(F)F)cc3Cl)c3ccccc23)S1. The van der Waals surface area contributed by atoms with E-state index in [1.54, 1.807) is 24.3 Å². The second-order valence-corrected chi connectivity index (χ2v) is 8.18. The molecule has 1 aliphatic rings. The lowest BCUT2D eigenvalue weighted by atomic mass is 9.99. The van der Waals surface area contributed by atoms with Gasteiger partial charge in [-0.2, -0.15) is 13.2 Å². The number of benzene rings is 3. The Bertz CT molecular complexity index is 1170. The molecule has 2 amide bonds. The fraction of sp³-hybridized carbons (Fsp3) is 0.143. The molecule has 1 fully saturated rings. The maximum absolute atomic E-state index is 12.8. The number of ether oxygens (including phenoxy) is 1. The van der Waals surface area contributed by atoms with Crippen LogP contribution in [-0.2, 0) is 17.4 Å². The van der Waals surface area contributed by atoms with Crippen LogP contribution in [0.5, 0.6) is 11.5 Å². The number of halogens is 4. The second kappa shape index (κ2) is 7.85. The summed E-state index contributed by atoms with van der Waals surface area (Å²) in [7, 11) is 0. The Labute approximate surface area is 178 Å². The molecule has 9 heteroatoms. The van der Waals surface area contributed by atoms with Crippen molar-refractivity contribution in [1.29, 1.82) is 0 Å². The van der Waals surface area contributed by atoms with E-state index in [1.165, 1.54) is 6.07 Å². The van der Waals surface area contributed by atoms with Crippen molar-refractivity contribution in [3.05, 3.63) is 70.7 Å². The van der Waals surface area contributed by atoms with Gasteiger partial charge in [0.15, 0.2) is 0 Å². The lowest BCUT2D eigenvalue weighted by molar-refractivity contribution is -0.137. The van der Waals surface area contributed by atoms with Crippen molar-refractivity contribution in [1.82, 2.24) is 5.32 Å². The first kappa shape index (κ1) is 20.6. The molecule has 3 aromatic rings. The van der Waals surface area contributed by atoms with Crippen molar-refractivity contribution in [3.63, 3.8) is 0 Å². The van der Waals surface area contributed by atoms with Crippen LogP contribution in [0.15, 0.2) is 54.6 Å². The molecule has 1 unspecified atom stereocenters. The van der Waals surface area contributed by atoms with Crippen LogP contribution in [0.25, 0.3) is 10.8 Å². The molecular formula is C21H13ClF3NO3S. The number of alkyl halides is 3. The summed E-state index contributed by atoms with van der Waals surface area (Å²) >= 11 is 6.96. The zero-order valence-corrected chi connectivity index (χ0v) is 16.7. The van der Waals surface area contributed by atoms with Crippen molar-refractivity contribution >= 4 is 45.3 Å². The van der Waals surface area contributed by atoms with Crippen LogP contribution < -0.4 is 10.1 Å². The van der Waals surface area contributed by atoms with Gasteiger partial charge in [0.1, 0.15) is 11.5 Å². The molecule has 1 saturated heterocycles. The van der Waals surface area contributed by atoms with Crippen LogP contribution >= 0.6 is 23.4 Å². The molecule has 1 N–H and O–H groups in total. The molecule has 0 spiro atoms. The van der Waals surface area contributed by atoms with Gasteiger partial charge in [-0.15, -0.1) is 0 Å². The van der Waals surface area contributed by atoms with Crippen molar-refractivity contribution < 1.29 is 27.5 Å². The molecule has 1 aliphatic heterocycles. The highest BCUT2D eigenvalue weighted by Crippen LogP contribution is 2.39. The summed E-state index contributed by atoms with van der Waals surface area (Å²) in [5.74, 6) is 0.181. The standard InChI is InChI=1S/C21H13ClF3NO3S/c22-15-10-12(21(23,24)25)6-8-17(15)29-16-7-5-11(13-3-1-2-4-14(13)16)9-18-19(27)26-20(28)30-18/h1-8,10,18H,9H2,(H,26,27,28). The Balaban J connectivity index is 1.67. The van der Waals surface area contributed by atoms with Crippen LogP contribution in [0.4, 0.5) is 18.0 Å². The third kappa shape index (κ3) is 4.11. The smallest absolute Gasteiger partial charge is 0.416 e. The van der Waals surface area contributed by atoms with E-state index in [2.05, 4.69) is 5.32 Å². The molecule has 4 nitrogen and oxygen atoms in total. The van der Waals surface area contributed by atoms with E-state index >= 15 is 0 Å². The second-order valence-electron chi connectivity index (χ2n) is 6.60. The lowest BCUT2D eigenvalue weighted by Gasteiger charge is -2.15. The summed E-state index contributed by atoms with van der Waals surface area (Å²) in [6.45, 7) is 0. The molecule has 0 aromatic heterocycles. The number of rotatable bonds is 4. The summed E-state index contributed by atoms with van der Waals surface area (Å²) < 4.78 is 44.4. The predicted octanol–water partition coefficient (Wildman–Crippen LogP) is 6.20. The fourth-order valence-corrected chi connectivity index (χ4v) is 4.27. The largest absolute Gasteiger partial charge is 0.455 e. The molecule has 154 valence electrons. The Morgan fingerprint density at radius 3 is 2.33 bits per heavy atom. The Morgan fingerprint density at radius 1 is 1.00 bits per heavy atom. The van der Waals surface area contributed by atoms with Crippen molar-refractivity contribution in [2.45, 2.75) is 17.8 Å². The molecule has 0 radical (unpaired) electrons. The van der Waals surface area contributed by atoms with E-state index in [-0.39, 0.29) is 21.9 Å². The molecule has 30 heavy (non-hydrogen) atoms. The van der Waals surface area contributed by atoms with Gasteiger partial charge in [-0.1, -0.05) is 53.7 Å². The zero-order chi connectivity index (χ0) is 21.5. The first-order chi connectivity index (χ1) is 14.2. The molecule has 0 aliphatic carbocycles. The third-order valence-electron chi connectivity index (χ3n) is 4.63. The number of imide groups is 1. The van der Waals surface area contributed by atoms with Crippen LogP contribution in [0.2, 0.25) is 5.02 Å². The maximum atomic E-state index is 12.8. The monoisotopic (exact) mass is 451 g/mol. The van der Waals surface area contributed by atoms with E-state index in [0.29, 0.717) is 17.6 Å². The number of fused-ring (bicyclic) bond motifs is 1. The average molecular weight is 452 g/mol. The number of nitrogens with one attached hydrogen (secondary N) is 1. The van der Waals surface area contributed by atoms with Gasteiger partial charge in [-0.3, -0.25) is 14.9 Å². The summed E-state index contributed by atoms with van der Waals surface area (Å²) in [5.41, 5.74) is -0.0132. The van der Waals surface area contributed by atoms with Crippen LogP contribution in [0.1, 0.15) is 11.1 Å². The van der Waals surface area contributed by atoms with E-state index in [1.807, 2.05) is 12.1 Å². The van der Waals surface area contributed by atoms with Gasteiger partial charge in [0.25, 0.3) is 5.24 Å². The Morgan fingerprint density at radius 2 is 1.70 bits per heavy atom. The molecule has 4 rings (SSSR count). The number of amides is 2. The molecular weight excluding hydrogens is 439 g/mol. The van der Waals surface area contributed by atoms with Gasteiger partial charge in [-0.05, 0) is 41.6 Å². The van der Waals surface area contributed by atoms with Crippen molar-refractivity contribution in [2.24, 2.45) is 0 Å². The first-order valence-corrected chi connectivity index (χ1v) is 10.0. The van der Waals surface area contributed by atoms with E-state index in [0.717, 1.165) is 34.8 Å². The number of thioether (sulfide) groups is 1. The summed E-state index contributed by atoms with van der Waals surface area (Å²) in [5, 5.41) is 2.74. The number of hydrogen-bond acceptors (Lipinski definition) is 4. The number of carbonyl (C=O) groups excluding carboxylic acids is 2. The van der Waals surface area contributed by atoms with Crippen molar-refractivity contribution in [2.75, 3.05) is 0 Å². The van der Waals surface area contributed by atoms with E-state index < -0.39 is 17.0 Å². The number of hydrogen-bond donors (Lipinski definition) is 1. The molecule has 1 heterocycles. The highest BCUT2D eigenvalue weighted by atomic mass is 35.5. The molecule has 3 aromatic carbocycles. The normalized spacial score (nSPS) is 16.7. The van der Waals surface area contributed by atoms with Gasteiger partial charge in [0.05, 0.1) is 15.8 Å². The fourth-order valence-electron chi connectivity index (χ4n) is 3.21. The average Bonchev–Trinajstić information content (AvgIpc) is 3.01. The van der Waals surface area contributed by atoms with E-state index in [4.69, 9.17) is 16.3 Å². The topological polar surface area (TPSA) is 55.4 Å². The molecule has 0 bridgehead atoms. The van der Waals surface area contributed by atoms with Gasteiger partial charge in [-0.25, -0.2) is 0 Å². The number of carbonyl (C=O) groups is 2. The van der Waals surface area contributed by atoms with Crippen LogP contribution in [-0.4, -0.2) is 16.4 Å². The highest BCUT2D eigenvalue weighted by Gasteiger charge is 2.32. The Kier molecular flexibility index (Phi) is 5.38. The summed E-state index contributed by atoms with van der Waals surface area (Å²) in [6.07, 6.45) is -4.15. The van der Waals surface area contributed by atoms with Gasteiger partial charge >= 0.3 is 6.18 Å². The van der Waals surface area contributed by atoms with Gasteiger partial charge in [0.2, 0.25) is 5.91 Å². The highest BCUT2D eigenvalue weighted by molar-refractivity contribution is 8.15. The van der Waals surface area contributed by atoms with Crippen LogP contribution in [0.3, 0.4) is 0 Å².